The molecule has 2 aliphatic heterocycles. The fourth-order valence-corrected chi connectivity index (χ4v) is 4.53. The second-order valence-corrected chi connectivity index (χ2v) is 8.46. The summed E-state index contributed by atoms with van der Waals surface area (Å²) in [5.41, 5.74) is 0. The number of hydrogen-bond donors (Lipinski definition) is 3. The van der Waals surface area contributed by atoms with Gasteiger partial charge in [-0.15, -0.1) is 0 Å². The molecule has 1 aliphatic carbocycles. The lowest BCUT2D eigenvalue weighted by atomic mass is 9.85. The van der Waals surface area contributed by atoms with Crippen LogP contribution in [0, 0.1) is 5.92 Å². The number of rotatable bonds is 5. The fraction of sp³-hybridized carbons (Fsp3) is 0.900. The van der Waals surface area contributed by atoms with Gasteiger partial charge in [0.25, 0.3) is 0 Å². The molecule has 0 aromatic carbocycles. The van der Waals surface area contributed by atoms with Gasteiger partial charge in [-0.25, -0.2) is 0 Å². The van der Waals surface area contributed by atoms with E-state index in [0.29, 0.717) is 19.1 Å². The largest absolute Gasteiger partial charge is 0.375 e. The summed E-state index contributed by atoms with van der Waals surface area (Å²) in [6.07, 6.45) is 3.79. The van der Waals surface area contributed by atoms with Gasteiger partial charge in [-0.1, -0.05) is 0 Å². The molecular weight excluding hydrogens is 360 g/mol. The Morgan fingerprint density at radius 2 is 1.54 bits per heavy atom. The number of carbonyl (C=O) groups is 2. The van der Waals surface area contributed by atoms with Crippen LogP contribution in [0.5, 0.6) is 0 Å². The standard InChI is InChI=1S/C20H36N4O4/c1-13-17(21-8-10-27-13)19(25)23-16-6-4-15(5-7-16)12-24(3)20(26)18-14(2)28-11-9-22-18/h13-18,21-22H,4-12H2,1-3H3,(H,23,25)/t13-,14-,15?,16?,17+,18+/m1/s1. The van der Waals surface area contributed by atoms with E-state index in [2.05, 4.69) is 16.0 Å². The van der Waals surface area contributed by atoms with Crippen LogP contribution in [-0.2, 0) is 19.1 Å². The van der Waals surface area contributed by atoms with E-state index < -0.39 is 0 Å². The normalized spacial score (nSPS) is 36.5. The van der Waals surface area contributed by atoms with E-state index in [1.54, 1.807) is 0 Å². The third kappa shape index (κ3) is 5.43. The molecule has 2 saturated heterocycles. The van der Waals surface area contributed by atoms with Crippen molar-refractivity contribution in [1.29, 1.82) is 0 Å². The molecule has 0 unspecified atom stereocenters. The lowest BCUT2D eigenvalue weighted by Gasteiger charge is -2.36. The van der Waals surface area contributed by atoms with Gasteiger partial charge in [0.15, 0.2) is 0 Å². The van der Waals surface area contributed by atoms with Gasteiger partial charge in [-0.2, -0.15) is 0 Å². The maximum atomic E-state index is 12.7. The van der Waals surface area contributed by atoms with Crippen LogP contribution in [0.1, 0.15) is 39.5 Å². The van der Waals surface area contributed by atoms with Crippen molar-refractivity contribution in [3.63, 3.8) is 0 Å². The quantitative estimate of drug-likeness (QED) is 0.600. The van der Waals surface area contributed by atoms with E-state index in [0.717, 1.165) is 45.3 Å². The topological polar surface area (TPSA) is 91.9 Å². The summed E-state index contributed by atoms with van der Waals surface area (Å²) in [5.74, 6) is 0.636. The first-order chi connectivity index (χ1) is 13.5. The predicted octanol–water partition coefficient (Wildman–Crippen LogP) is -0.126. The number of morpholine rings is 2. The highest BCUT2D eigenvalue weighted by Gasteiger charge is 2.33. The van der Waals surface area contributed by atoms with Crippen molar-refractivity contribution in [3.8, 4) is 0 Å². The Bertz CT molecular complexity index is 538. The van der Waals surface area contributed by atoms with Gasteiger partial charge in [0.2, 0.25) is 11.8 Å². The van der Waals surface area contributed by atoms with Gasteiger partial charge < -0.3 is 30.3 Å². The van der Waals surface area contributed by atoms with Crippen molar-refractivity contribution >= 4 is 11.8 Å². The summed E-state index contributed by atoms with van der Waals surface area (Å²) in [4.78, 5) is 27.1. The summed E-state index contributed by atoms with van der Waals surface area (Å²) >= 11 is 0. The fourth-order valence-electron chi connectivity index (χ4n) is 4.53. The third-order valence-electron chi connectivity index (χ3n) is 6.28. The monoisotopic (exact) mass is 396 g/mol. The van der Waals surface area contributed by atoms with Crippen molar-refractivity contribution in [2.45, 2.75) is 69.9 Å². The average molecular weight is 397 g/mol. The Hall–Kier alpha value is -1.22. The molecule has 0 spiro atoms. The van der Waals surface area contributed by atoms with E-state index in [-0.39, 0.29) is 42.1 Å². The van der Waals surface area contributed by atoms with Crippen molar-refractivity contribution in [2.24, 2.45) is 5.92 Å². The molecule has 3 fully saturated rings. The van der Waals surface area contributed by atoms with Crippen LogP contribution >= 0.6 is 0 Å². The SMILES string of the molecule is C[C@H]1OCCN[C@@H]1C(=O)NC1CCC(CN(C)C(=O)[C@H]2NCCO[C@@H]2C)CC1. The van der Waals surface area contributed by atoms with Gasteiger partial charge in [-0.05, 0) is 45.4 Å². The summed E-state index contributed by atoms with van der Waals surface area (Å²) in [5, 5.41) is 9.70. The first-order valence-electron chi connectivity index (χ1n) is 10.7. The zero-order valence-corrected chi connectivity index (χ0v) is 17.4. The molecule has 3 rings (SSSR count). The van der Waals surface area contributed by atoms with Crippen LogP contribution in [0.3, 0.4) is 0 Å². The second kappa shape index (κ2) is 10.0. The average Bonchev–Trinajstić information content (AvgIpc) is 2.69. The predicted molar refractivity (Wildman–Crippen MR) is 106 cm³/mol. The number of carbonyl (C=O) groups excluding carboxylic acids is 2. The Kier molecular flexibility index (Phi) is 7.68. The number of nitrogens with zero attached hydrogens (tertiary/aromatic N) is 1. The molecule has 2 heterocycles. The zero-order valence-electron chi connectivity index (χ0n) is 17.4. The second-order valence-electron chi connectivity index (χ2n) is 8.46. The molecule has 8 nitrogen and oxygen atoms in total. The van der Waals surface area contributed by atoms with E-state index in [9.17, 15) is 9.59 Å². The molecule has 1 saturated carbocycles. The minimum atomic E-state index is -0.262. The maximum Gasteiger partial charge on any atom is 0.242 e. The lowest BCUT2D eigenvalue weighted by molar-refractivity contribution is -0.138. The van der Waals surface area contributed by atoms with Gasteiger partial charge in [-0.3, -0.25) is 9.59 Å². The number of likely N-dealkylation sites (N-methyl/N-ethyl adjacent to an activating group) is 1. The molecule has 0 bridgehead atoms. The summed E-state index contributed by atoms with van der Waals surface area (Å²) in [6.45, 7) is 7.40. The smallest absolute Gasteiger partial charge is 0.242 e. The van der Waals surface area contributed by atoms with E-state index >= 15 is 0 Å². The minimum Gasteiger partial charge on any atom is -0.375 e. The van der Waals surface area contributed by atoms with E-state index in [1.165, 1.54) is 0 Å². The molecule has 28 heavy (non-hydrogen) atoms. The lowest BCUT2D eigenvalue weighted by Crippen LogP contribution is -2.57. The number of ether oxygens (including phenoxy) is 2. The molecule has 8 heteroatoms. The van der Waals surface area contributed by atoms with Crippen LogP contribution < -0.4 is 16.0 Å². The number of nitrogens with one attached hydrogen (secondary N) is 3. The van der Waals surface area contributed by atoms with Crippen molar-refractivity contribution in [3.05, 3.63) is 0 Å². The van der Waals surface area contributed by atoms with Crippen molar-refractivity contribution < 1.29 is 19.1 Å². The summed E-state index contributed by atoms with van der Waals surface area (Å²) in [7, 11) is 1.88. The number of amides is 2. The van der Waals surface area contributed by atoms with E-state index in [4.69, 9.17) is 9.47 Å². The Morgan fingerprint density at radius 1 is 0.964 bits per heavy atom. The van der Waals surface area contributed by atoms with Gasteiger partial charge >= 0.3 is 0 Å². The maximum absolute atomic E-state index is 12.7. The van der Waals surface area contributed by atoms with Crippen LogP contribution in [0.25, 0.3) is 0 Å². The molecule has 2 amide bonds. The molecule has 160 valence electrons. The minimum absolute atomic E-state index is 0.0420. The van der Waals surface area contributed by atoms with Crippen molar-refractivity contribution in [2.75, 3.05) is 39.9 Å². The zero-order chi connectivity index (χ0) is 20.1. The van der Waals surface area contributed by atoms with Gasteiger partial charge in [0.1, 0.15) is 12.1 Å². The highest BCUT2D eigenvalue weighted by atomic mass is 16.5. The molecule has 4 atom stereocenters. The van der Waals surface area contributed by atoms with Gasteiger partial charge in [0, 0.05) is 32.7 Å². The van der Waals surface area contributed by atoms with Crippen LogP contribution in [0.15, 0.2) is 0 Å². The molecule has 0 aromatic heterocycles. The van der Waals surface area contributed by atoms with Crippen molar-refractivity contribution in [1.82, 2.24) is 20.9 Å². The van der Waals surface area contributed by atoms with Crippen LogP contribution in [-0.4, -0.2) is 86.9 Å². The Morgan fingerprint density at radius 3 is 2.11 bits per heavy atom. The third-order valence-corrected chi connectivity index (χ3v) is 6.28. The summed E-state index contributed by atoms with van der Waals surface area (Å²) < 4.78 is 11.2. The van der Waals surface area contributed by atoms with Crippen LogP contribution in [0.4, 0.5) is 0 Å². The Balaban J connectivity index is 1.40. The van der Waals surface area contributed by atoms with E-state index in [1.807, 2.05) is 25.8 Å². The van der Waals surface area contributed by atoms with Gasteiger partial charge in [0.05, 0.1) is 25.4 Å². The molecule has 3 aliphatic rings. The highest BCUT2D eigenvalue weighted by molar-refractivity contribution is 5.83. The molecular formula is C20H36N4O4. The van der Waals surface area contributed by atoms with Crippen LogP contribution in [0.2, 0.25) is 0 Å². The molecule has 0 radical (unpaired) electrons. The summed E-state index contributed by atoms with van der Waals surface area (Å²) in [6, 6.07) is -0.293. The number of hydrogen-bond acceptors (Lipinski definition) is 6. The molecule has 0 aromatic rings. The first kappa shape index (κ1) is 21.5. The first-order valence-corrected chi connectivity index (χ1v) is 10.7. The molecule has 3 N–H and O–H groups in total. The Labute approximate surface area is 168 Å². The highest BCUT2D eigenvalue weighted by Crippen LogP contribution is 2.25.